The van der Waals surface area contributed by atoms with Crippen LogP contribution < -0.4 is 19.5 Å². The van der Waals surface area contributed by atoms with E-state index >= 15 is 0 Å². The second-order valence-corrected chi connectivity index (χ2v) is 7.25. The molecule has 1 atom stereocenters. The topological polar surface area (TPSA) is 95.7 Å². The van der Waals surface area contributed by atoms with Gasteiger partial charge in [-0.2, -0.15) is 0 Å². The molecule has 3 rings (SSSR count). The summed E-state index contributed by atoms with van der Waals surface area (Å²) in [7, 11) is 0. The van der Waals surface area contributed by atoms with E-state index in [0.29, 0.717) is 30.6 Å². The molecule has 0 bridgehead atoms. The van der Waals surface area contributed by atoms with E-state index in [1.807, 2.05) is 25.1 Å². The fourth-order valence-electron chi connectivity index (χ4n) is 2.96. The molecule has 8 heteroatoms. The molecule has 0 saturated carbocycles. The number of carbonyl (C=O) groups excluding carboxylic acids is 1. The lowest BCUT2D eigenvalue weighted by Gasteiger charge is -2.18. The molecule has 170 valence electrons. The number of carbonyl (C=O) groups is 1. The number of aromatic nitrogens is 2. The van der Waals surface area contributed by atoms with Gasteiger partial charge in [-0.3, -0.25) is 4.79 Å². The first kappa shape index (κ1) is 23.1. The van der Waals surface area contributed by atoms with Gasteiger partial charge < -0.3 is 23.9 Å². The molecule has 1 amide bonds. The minimum Gasteiger partial charge on any atom is -0.490 e. The van der Waals surface area contributed by atoms with Crippen molar-refractivity contribution in [3.05, 3.63) is 54.4 Å². The average molecular weight is 440 g/mol. The highest BCUT2D eigenvalue weighted by Gasteiger charge is 2.14. The molecule has 0 spiro atoms. The highest BCUT2D eigenvalue weighted by molar-refractivity contribution is 5.78. The van der Waals surface area contributed by atoms with E-state index in [4.69, 9.17) is 18.6 Å². The van der Waals surface area contributed by atoms with Crippen LogP contribution in [0.15, 0.2) is 53.3 Å². The van der Waals surface area contributed by atoms with Crippen molar-refractivity contribution < 1.29 is 23.4 Å². The Morgan fingerprint density at radius 1 is 1.00 bits per heavy atom. The molecule has 1 aromatic heterocycles. The minimum atomic E-state index is -0.221. The van der Waals surface area contributed by atoms with Gasteiger partial charge in [-0.15, -0.1) is 10.2 Å². The van der Waals surface area contributed by atoms with Crippen LogP contribution in [0.2, 0.25) is 0 Å². The molecule has 0 fully saturated rings. The van der Waals surface area contributed by atoms with Gasteiger partial charge >= 0.3 is 0 Å². The van der Waals surface area contributed by atoms with Crippen LogP contribution in [0.1, 0.15) is 45.2 Å². The summed E-state index contributed by atoms with van der Waals surface area (Å²) in [5, 5.41) is 10.5. The SMILES string of the molecule is CCCOc1ccc(C(C)NC(=O)COc2ccc(-c3nnco3)cc2)cc1OCCC. The second kappa shape index (κ2) is 11.7. The maximum Gasteiger partial charge on any atom is 0.258 e. The molecular formula is C24H29N3O5. The molecule has 3 aromatic rings. The van der Waals surface area contributed by atoms with E-state index in [1.54, 1.807) is 24.3 Å². The highest BCUT2D eigenvalue weighted by Crippen LogP contribution is 2.31. The summed E-state index contributed by atoms with van der Waals surface area (Å²) in [5.74, 6) is 2.19. The minimum absolute atomic E-state index is 0.0961. The third-order valence-electron chi connectivity index (χ3n) is 4.60. The number of rotatable bonds is 12. The van der Waals surface area contributed by atoms with Crippen molar-refractivity contribution in [3.63, 3.8) is 0 Å². The smallest absolute Gasteiger partial charge is 0.258 e. The average Bonchev–Trinajstić information content (AvgIpc) is 3.35. The van der Waals surface area contributed by atoms with Gasteiger partial charge in [-0.1, -0.05) is 19.9 Å². The maximum atomic E-state index is 12.4. The maximum absolute atomic E-state index is 12.4. The van der Waals surface area contributed by atoms with Gasteiger partial charge in [-0.25, -0.2) is 0 Å². The molecule has 8 nitrogen and oxygen atoms in total. The zero-order valence-corrected chi connectivity index (χ0v) is 18.7. The van der Waals surface area contributed by atoms with Crippen LogP contribution >= 0.6 is 0 Å². The molecule has 0 aliphatic carbocycles. The van der Waals surface area contributed by atoms with Crippen LogP contribution in [0.25, 0.3) is 11.5 Å². The Hall–Kier alpha value is -3.55. The normalized spacial score (nSPS) is 11.6. The van der Waals surface area contributed by atoms with Crippen LogP contribution in [0.5, 0.6) is 17.2 Å². The highest BCUT2D eigenvalue weighted by atomic mass is 16.5. The van der Waals surface area contributed by atoms with Crippen molar-refractivity contribution in [1.29, 1.82) is 0 Å². The van der Waals surface area contributed by atoms with E-state index in [1.165, 1.54) is 6.39 Å². The summed E-state index contributed by atoms with van der Waals surface area (Å²) in [5.41, 5.74) is 1.71. The molecule has 0 saturated heterocycles. The molecule has 0 aliphatic rings. The van der Waals surface area contributed by atoms with Gasteiger partial charge in [-0.05, 0) is 61.7 Å². The number of ether oxygens (including phenoxy) is 3. The zero-order valence-electron chi connectivity index (χ0n) is 18.7. The lowest BCUT2D eigenvalue weighted by molar-refractivity contribution is -0.123. The van der Waals surface area contributed by atoms with Gasteiger partial charge in [0.15, 0.2) is 18.1 Å². The number of nitrogens with one attached hydrogen (secondary N) is 1. The second-order valence-electron chi connectivity index (χ2n) is 7.25. The van der Waals surface area contributed by atoms with Crippen LogP contribution in [0.4, 0.5) is 0 Å². The summed E-state index contributed by atoms with van der Waals surface area (Å²) in [4.78, 5) is 12.4. The van der Waals surface area contributed by atoms with Crippen molar-refractivity contribution in [2.24, 2.45) is 0 Å². The van der Waals surface area contributed by atoms with Crippen molar-refractivity contribution in [2.45, 2.75) is 39.7 Å². The van der Waals surface area contributed by atoms with E-state index < -0.39 is 0 Å². The lowest BCUT2D eigenvalue weighted by Crippen LogP contribution is -2.31. The van der Waals surface area contributed by atoms with Crippen molar-refractivity contribution in [3.8, 4) is 28.7 Å². The predicted octanol–water partition coefficient (Wildman–Crippen LogP) is 4.57. The Morgan fingerprint density at radius 2 is 1.72 bits per heavy atom. The van der Waals surface area contributed by atoms with E-state index in [9.17, 15) is 4.79 Å². The molecule has 2 aromatic carbocycles. The van der Waals surface area contributed by atoms with Gasteiger partial charge in [0, 0.05) is 5.56 Å². The predicted molar refractivity (Wildman–Crippen MR) is 120 cm³/mol. The Balaban J connectivity index is 1.55. The summed E-state index contributed by atoms with van der Waals surface area (Å²) in [6.07, 6.45) is 3.09. The van der Waals surface area contributed by atoms with E-state index in [0.717, 1.165) is 29.7 Å². The van der Waals surface area contributed by atoms with Crippen LogP contribution in [-0.4, -0.2) is 35.9 Å². The number of nitrogens with zero attached hydrogens (tertiary/aromatic N) is 2. The molecular weight excluding hydrogens is 410 g/mol. The first-order chi connectivity index (χ1) is 15.6. The van der Waals surface area contributed by atoms with Crippen LogP contribution in [0.3, 0.4) is 0 Å². The summed E-state index contributed by atoms with van der Waals surface area (Å²) in [6.45, 7) is 7.16. The quantitative estimate of drug-likeness (QED) is 0.442. The van der Waals surface area contributed by atoms with Gasteiger partial charge in [0.1, 0.15) is 5.75 Å². The Kier molecular flexibility index (Phi) is 8.48. The monoisotopic (exact) mass is 439 g/mol. The fraction of sp³-hybridized carbons (Fsp3) is 0.375. The first-order valence-corrected chi connectivity index (χ1v) is 10.8. The summed E-state index contributed by atoms with van der Waals surface area (Å²) >= 11 is 0. The van der Waals surface area contributed by atoms with Gasteiger partial charge in [0.25, 0.3) is 5.91 Å². The Morgan fingerprint density at radius 3 is 2.38 bits per heavy atom. The number of hydrogen-bond acceptors (Lipinski definition) is 7. The van der Waals surface area contributed by atoms with Crippen molar-refractivity contribution >= 4 is 5.91 Å². The van der Waals surface area contributed by atoms with E-state index in [-0.39, 0.29) is 18.6 Å². The van der Waals surface area contributed by atoms with Crippen LogP contribution in [0, 0.1) is 0 Å². The standard InChI is InChI=1S/C24H29N3O5/c1-4-12-29-21-11-8-19(14-22(21)30-13-5-2)17(3)26-23(28)15-31-20-9-6-18(7-10-20)24-27-25-16-32-24/h6-11,14,16-17H,4-5,12-13,15H2,1-3H3,(H,26,28). The molecule has 1 N–H and O–H groups in total. The summed E-state index contributed by atoms with van der Waals surface area (Å²) < 4.78 is 22.4. The number of hydrogen-bond donors (Lipinski definition) is 1. The van der Waals surface area contributed by atoms with Crippen molar-refractivity contribution in [2.75, 3.05) is 19.8 Å². The van der Waals surface area contributed by atoms with Crippen molar-refractivity contribution in [1.82, 2.24) is 15.5 Å². The third-order valence-corrected chi connectivity index (χ3v) is 4.60. The molecule has 1 heterocycles. The van der Waals surface area contributed by atoms with Gasteiger partial charge in [0.05, 0.1) is 19.3 Å². The lowest BCUT2D eigenvalue weighted by atomic mass is 10.1. The number of amides is 1. The van der Waals surface area contributed by atoms with Crippen LogP contribution in [-0.2, 0) is 4.79 Å². The zero-order chi connectivity index (χ0) is 22.8. The Labute approximate surface area is 187 Å². The first-order valence-electron chi connectivity index (χ1n) is 10.8. The van der Waals surface area contributed by atoms with Gasteiger partial charge in [0.2, 0.25) is 12.3 Å². The number of benzene rings is 2. The molecule has 1 unspecified atom stereocenters. The molecule has 32 heavy (non-hydrogen) atoms. The largest absolute Gasteiger partial charge is 0.490 e. The molecule has 0 aliphatic heterocycles. The Bertz CT molecular complexity index is 974. The fourth-order valence-corrected chi connectivity index (χ4v) is 2.96. The third kappa shape index (κ3) is 6.47. The molecule has 0 radical (unpaired) electrons. The summed E-state index contributed by atoms with van der Waals surface area (Å²) in [6, 6.07) is 12.6. The van der Waals surface area contributed by atoms with E-state index in [2.05, 4.69) is 29.4 Å².